The molecule has 2 aromatic rings. The maximum atomic E-state index is 13.5. The molecule has 0 aromatic heterocycles. The third-order valence-corrected chi connectivity index (χ3v) is 7.32. The van der Waals surface area contributed by atoms with Gasteiger partial charge in [-0.3, -0.25) is 18.7 Å². The van der Waals surface area contributed by atoms with Crippen LogP contribution in [0.15, 0.2) is 53.0 Å². The van der Waals surface area contributed by atoms with Crippen molar-refractivity contribution in [1.82, 2.24) is 10.2 Å². The summed E-state index contributed by atoms with van der Waals surface area (Å²) in [7, 11) is -3.87. The lowest BCUT2D eigenvalue weighted by molar-refractivity contribution is -0.139. The van der Waals surface area contributed by atoms with E-state index in [-0.39, 0.29) is 30.0 Å². The molecular weight excluding hydrogens is 534 g/mol. The summed E-state index contributed by atoms with van der Waals surface area (Å²) in [5.74, 6) is -1.09. The van der Waals surface area contributed by atoms with Crippen LogP contribution < -0.4 is 9.62 Å². The van der Waals surface area contributed by atoms with Crippen molar-refractivity contribution in [3.8, 4) is 0 Å². The average Bonchev–Trinajstić information content (AvgIpc) is 2.80. The highest BCUT2D eigenvalue weighted by atomic mass is 79.9. The van der Waals surface area contributed by atoms with E-state index in [4.69, 9.17) is 0 Å². The summed E-state index contributed by atoms with van der Waals surface area (Å²) in [5.41, 5.74) is 1.32. The Morgan fingerprint density at radius 1 is 1.06 bits per heavy atom. The fraction of sp³-hybridized carbons (Fsp3) is 0.400. The molecule has 0 aliphatic heterocycles. The van der Waals surface area contributed by atoms with Gasteiger partial charge in [-0.1, -0.05) is 47.1 Å². The number of rotatable bonds is 11. The molecule has 0 spiro atoms. The van der Waals surface area contributed by atoms with E-state index in [1.165, 1.54) is 24.0 Å². The van der Waals surface area contributed by atoms with E-state index in [9.17, 15) is 22.8 Å². The van der Waals surface area contributed by atoms with Crippen LogP contribution in [0, 0.1) is 0 Å². The number of anilines is 1. The van der Waals surface area contributed by atoms with Gasteiger partial charge in [0, 0.05) is 22.6 Å². The van der Waals surface area contributed by atoms with Gasteiger partial charge in [0.15, 0.2) is 5.78 Å². The summed E-state index contributed by atoms with van der Waals surface area (Å²) in [6.45, 7) is 6.42. The van der Waals surface area contributed by atoms with E-state index in [2.05, 4.69) is 21.2 Å². The molecule has 2 aromatic carbocycles. The predicted molar refractivity (Wildman–Crippen MR) is 141 cm³/mol. The van der Waals surface area contributed by atoms with Gasteiger partial charge in [0.25, 0.3) is 0 Å². The number of sulfonamides is 1. The Labute approximate surface area is 215 Å². The van der Waals surface area contributed by atoms with E-state index >= 15 is 0 Å². The number of amides is 2. The summed E-state index contributed by atoms with van der Waals surface area (Å²) in [6, 6.07) is 12.5. The molecule has 0 aliphatic rings. The maximum absolute atomic E-state index is 13.5. The van der Waals surface area contributed by atoms with E-state index in [0.29, 0.717) is 5.56 Å². The number of nitrogens with zero attached hydrogens (tertiary/aromatic N) is 2. The van der Waals surface area contributed by atoms with Crippen molar-refractivity contribution in [3.05, 3.63) is 64.1 Å². The van der Waals surface area contributed by atoms with E-state index in [1.54, 1.807) is 19.1 Å². The number of benzene rings is 2. The summed E-state index contributed by atoms with van der Waals surface area (Å²) in [6.07, 6.45) is 1.73. The zero-order chi connectivity index (χ0) is 26.3. The average molecular weight is 567 g/mol. The van der Waals surface area contributed by atoms with Gasteiger partial charge in [-0.15, -0.1) is 0 Å². The SMILES string of the molecule is CCC(C)NC(=O)C(C)N(Cc1ccc(Br)cc1)C(=O)CN(c1cccc(C(C)=O)c1)S(C)(=O)=O. The number of Topliss-reactive ketones (excluding diaryl/α,β-unsaturated/α-hetero) is 1. The van der Waals surface area contributed by atoms with E-state index < -0.39 is 28.5 Å². The molecule has 10 heteroatoms. The second-order valence-corrected chi connectivity index (χ2v) is 11.3. The van der Waals surface area contributed by atoms with Gasteiger partial charge in [-0.25, -0.2) is 8.42 Å². The highest BCUT2D eigenvalue weighted by molar-refractivity contribution is 9.10. The van der Waals surface area contributed by atoms with Gasteiger partial charge in [-0.2, -0.15) is 0 Å². The van der Waals surface area contributed by atoms with Crippen LogP contribution in [0.25, 0.3) is 0 Å². The quantitative estimate of drug-likeness (QED) is 0.418. The normalized spacial score (nSPS) is 13.0. The Bertz CT molecular complexity index is 1170. The number of nitrogens with one attached hydrogen (secondary N) is 1. The largest absolute Gasteiger partial charge is 0.352 e. The van der Waals surface area contributed by atoms with Gasteiger partial charge < -0.3 is 10.2 Å². The molecule has 35 heavy (non-hydrogen) atoms. The molecule has 0 radical (unpaired) electrons. The second-order valence-electron chi connectivity index (χ2n) is 8.52. The number of carbonyl (C=O) groups excluding carboxylic acids is 3. The fourth-order valence-corrected chi connectivity index (χ4v) is 4.43. The van der Waals surface area contributed by atoms with Crippen LogP contribution in [0.5, 0.6) is 0 Å². The minimum atomic E-state index is -3.87. The van der Waals surface area contributed by atoms with E-state index in [1.807, 2.05) is 38.1 Å². The highest BCUT2D eigenvalue weighted by Crippen LogP contribution is 2.21. The molecule has 0 bridgehead atoms. The molecule has 0 saturated carbocycles. The van der Waals surface area contributed by atoms with Gasteiger partial charge in [0.1, 0.15) is 12.6 Å². The topological polar surface area (TPSA) is 104 Å². The predicted octanol–water partition coefficient (Wildman–Crippen LogP) is 3.75. The van der Waals surface area contributed by atoms with Crippen molar-refractivity contribution in [3.63, 3.8) is 0 Å². The van der Waals surface area contributed by atoms with Crippen molar-refractivity contribution in [1.29, 1.82) is 0 Å². The molecule has 2 amide bonds. The van der Waals surface area contributed by atoms with Gasteiger partial charge in [0.2, 0.25) is 21.8 Å². The minimum Gasteiger partial charge on any atom is -0.352 e. The van der Waals surface area contributed by atoms with Crippen LogP contribution in [0.2, 0.25) is 0 Å². The Morgan fingerprint density at radius 2 is 1.69 bits per heavy atom. The smallest absolute Gasteiger partial charge is 0.244 e. The van der Waals surface area contributed by atoms with Crippen LogP contribution in [0.4, 0.5) is 5.69 Å². The zero-order valence-electron chi connectivity index (χ0n) is 20.6. The second kappa shape index (κ2) is 12.3. The number of carbonyl (C=O) groups is 3. The molecule has 2 atom stereocenters. The van der Waals surface area contributed by atoms with Gasteiger partial charge in [0.05, 0.1) is 11.9 Å². The van der Waals surface area contributed by atoms with Crippen molar-refractivity contribution >= 4 is 49.2 Å². The third-order valence-electron chi connectivity index (χ3n) is 5.65. The molecule has 0 heterocycles. The Kier molecular flexibility index (Phi) is 10.0. The van der Waals surface area contributed by atoms with Crippen LogP contribution in [0.3, 0.4) is 0 Å². The van der Waals surface area contributed by atoms with Crippen LogP contribution >= 0.6 is 15.9 Å². The summed E-state index contributed by atoms with van der Waals surface area (Å²) in [4.78, 5) is 39.6. The Balaban J connectivity index is 2.41. The molecule has 2 rings (SSSR count). The number of hydrogen-bond acceptors (Lipinski definition) is 5. The molecule has 0 aliphatic carbocycles. The fourth-order valence-electron chi connectivity index (χ4n) is 3.33. The lowest BCUT2D eigenvalue weighted by Crippen LogP contribution is -2.52. The first-order valence-electron chi connectivity index (χ1n) is 11.3. The van der Waals surface area contributed by atoms with Gasteiger partial charge in [-0.05, 0) is 57.0 Å². The molecular formula is C25H32BrN3O5S. The molecule has 0 saturated heterocycles. The Morgan fingerprint density at radius 3 is 2.23 bits per heavy atom. The van der Waals surface area contributed by atoms with Crippen molar-refractivity contribution < 1.29 is 22.8 Å². The van der Waals surface area contributed by atoms with E-state index in [0.717, 1.165) is 27.0 Å². The summed E-state index contributed by atoms with van der Waals surface area (Å²) in [5, 5.41) is 2.89. The highest BCUT2D eigenvalue weighted by Gasteiger charge is 2.30. The molecule has 2 unspecified atom stereocenters. The monoisotopic (exact) mass is 565 g/mol. The zero-order valence-corrected chi connectivity index (χ0v) is 23.0. The number of ketones is 1. The molecule has 190 valence electrons. The minimum absolute atomic E-state index is 0.0728. The molecule has 8 nitrogen and oxygen atoms in total. The lowest BCUT2D eigenvalue weighted by atomic mass is 10.1. The summed E-state index contributed by atoms with van der Waals surface area (Å²) < 4.78 is 27.1. The van der Waals surface area contributed by atoms with Crippen LogP contribution in [-0.4, -0.2) is 55.8 Å². The summed E-state index contributed by atoms with van der Waals surface area (Å²) >= 11 is 3.38. The molecule has 1 N–H and O–H groups in total. The van der Waals surface area contributed by atoms with Gasteiger partial charge >= 0.3 is 0 Å². The van der Waals surface area contributed by atoms with Crippen LogP contribution in [-0.2, 0) is 26.2 Å². The van der Waals surface area contributed by atoms with Crippen molar-refractivity contribution in [2.75, 3.05) is 17.1 Å². The number of hydrogen-bond donors (Lipinski definition) is 1. The van der Waals surface area contributed by atoms with Crippen molar-refractivity contribution in [2.45, 2.75) is 52.7 Å². The van der Waals surface area contributed by atoms with Crippen molar-refractivity contribution in [2.24, 2.45) is 0 Å². The van der Waals surface area contributed by atoms with Crippen LogP contribution in [0.1, 0.15) is 50.0 Å². The first-order valence-corrected chi connectivity index (χ1v) is 13.9. The number of halogens is 1. The molecule has 0 fully saturated rings. The third kappa shape index (κ3) is 8.17. The standard InChI is InChI=1S/C25H32BrN3O5S/c1-6-17(2)27-25(32)18(3)28(15-20-10-12-22(26)13-11-20)24(31)16-29(35(5,33)34)23-9-7-8-21(14-23)19(4)30/h7-14,17-18H,6,15-16H2,1-5H3,(H,27,32). The first kappa shape index (κ1) is 28.5. The first-order chi connectivity index (χ1) is 16.3. The Hall–Kier alpha value is -2.72. The maximum Gasteiger partial charge on any atom is 0.244 e. The lowest BCUT2D eigenvalue weighted by Gasteiger charge is -2.32.